The van der Waals surface area contributed by atoms with Crippen LogP contribution < -0.4 is 5.32 Å². The van der Waals surface area contributed by atoms with Crippen molar-refractivity contribution in [2.24, 2.45) is 5.92 Å². The highest BCUT2D eigenvalue weighted by Gasteiger charge is 2.25. The molecule has 0 atom stereocenters. The molecule has 0 amide bonds. The van der Waals surface area contributed by atoms with Crippen molar-refractivity contribution >= 4 is 5.78 Å². The Balaban J connectivity index is 1.97. The van der Waals surface area contributed by atoms with E-state index in [9.17, 15) is 4.79 Å². The summed E-state index contributed by atoms with van der Waals surface area (Å²) >= 11 is 0. The van der Waals surface area contributed by atoms with Crippen LogP contribution in [0.4, 0.5) is 0 Å². The molecule has 0 aliphatic heterocycles. The fourth-order valence-electron chi connectivity index (χ4n) is 2.40. The molecular weight excluding hydrogens is 200 g/mol. The highest BCUT2D eigenvalue weighted by atomic mass is 16.1. The predicted molar refractivity (Wildman–Crippen MR) is 63.4 cm³/mol. The number of nitrogens with zero attached hydrogens (tertiary/aromatic N) is 1. The van der Waals surface area contributed by atoms with E-state index >= 15 is 0 Å². The summed E-state index contributed by atoms with van der Waals surface area (Å²) in [4.78, 5) is 16.1. The molecule has 1 heterocycles. The van der Waals surface area contributed by atoms with Crippen LogP contribution in [0.3, 0.4) is 0 Å². The van der Waals surface area contributed by atoms with Crippen LogP contribution in [0.15, 0.2) is 24.5 Å². The van der Waals surface area contributed by atoms with Crippen molar-refractivity contribution in [2.75, 3.05) is 7.05 Å². The highest BCUT2D eigenvalue weighted by Crippen LogP contribution is 2.26. The zero-order valence-corrected chi connectivity index (χ0v) is 9.65. The first-order valence-corrected chi connectivity index (χ1v) is 5.92. The smallest absolute Gasteiger partial charge is 0.166 e. The molecule has 0 bridgehead atoms. The molecule has 3 heteroatoms. The third-order valence-corrected chi connectivity index (χ3v) is 3.47. The summed E-state index contributed by atoms with van der Waals surface area (Å²) in [6.07, 6.45) is 7.61. The van der Waals surface area contributed by atoms with Gasteiger partial charge >= 0.3 is 0 Å². The first kappa shape index (κ1) is 11.3. The van der Waals surface area contributed by atoms with Crippen LogP contribution >= 0.6 is 0 Å². The lowest BCUT2D eigenvalue weighted by Gasteiger charge is -2.27. The normalized spacial score (nSPS) is 25.3. The van der Waals surface area contributed by atoms with E-state index < -0.39 is 0 Å². The predicted octanol–water partition coefficient (Wildman–Crippen LogP) is 2.04. The van der Waals surface area contributed by atoms with Crippen molar-refractivity contribution in [3.8, 4) is 0 Å². The zero-order chi connectivity index (χ0) is 11.4. The lowest BCUT2D eigenvalue weighted by Crippen LogP contribution is -2.32. The first-order valence-electron chi connectivity index (χ1n) is 5.92. The topological polar surface area (TPSA) is 42.0 Å². The van der Waals surface area contributed by atoms with Gasteiger partial charge in [0, 0.05) is 29.9 Å². The van der Waals surface area contributed by atoms with E-state index in [1.54, 1.807) is 12.4 Å². The maximum atomic E-state index is 12.1. The second-order valence-electron chi connectivity index (χ2n) is 4.44. The summed E-state index contributed by atoms with van der Waals surface area (Å²) in [5, 5.41) is 3.28. The number of nitrogens with one attached hydrogen (secondary N) is 1. The Bertz CT molecular complexity index is 342. The van der Waals surface area contributed by atoms with E-state index in [0.717, 1.165) is 31.2 Å². The molecule has 86 valence electrons. The lowest BCUT2D eigenvalue weighted by atomic mass is 9.82. The van der Waals surface area contributed by atoms with Crippen LogP contribution in [0.25, 0.3) is 0 Å². The maximum absolute atomic E-state index is 12.1. The number of carbonyl (C=O) groups is 1. The largest absolute Gasteiger partial charge is 0.317 e. The molecule has 2 rings (SSSR count). The van der Waals surface area contributed by atoms with Gasteiger partial charge in [0.1, 0.15) is 0 Å². The highest BCUT2D eigenvalue weighted by molar-refractivity contribution is 5.97. The second-order valence-corrected chi connectivity index (χ2v) is 4.44. The molecule has 0 spiro atoms. The van der Waals surface area contributed by atoms with Gasteiger partial charge in [-0.3, -0.25) is 9.78 Å². The average molecular weight is 218 g/mol. The van der Waals surface area contributed by atoms with Gasteiger partial charge in [-0.2, -0.15) is 0 Å². The molecule has 1 aliphatic carbocycles. The quantitative estimate of drug-likeness (QED) is 0.789. The molecule has 3 nitrogen and oxygen atoms in total. The molecule has 1 aromatic heterocycles. The minimum absolute atomic E-state index is 0.215. The van der Waals surface area contributed by atoms with Crippen molar-refractivity contribution < 1.29 is 4.79 Å². The van der Waals surface area contributed by atoms with Gasteiger partial charge < -0.3 is 5.32 Å². The lowest BCUT2D eigenvalue weighted by molar-refractivity contribution is 0.0880. The number of ketones is 1. The van der Waals surface area contributed by atoms with E-state index in [2.05, 4.69) is 10.3 Å². The van der Waals surface area contributed by atoms with Gasteiger partial charge in [-0.05, 0) is 44.9 Å². The van der Waals surface area contributed by atoms with Gasteiger partial charge in [-0.1, -0.05) is 0 Å². The van der Waals surface area contributed by atoms with Gasteiger partial charge in [-0.15, -0.1) is 0 Å². The average Bonchev–Trinajstić information content (AvgIpc) is 2.39. The number of hydrogen-bond acceptors (Lipinski definition) is 3. The standard InChI is InChI=1S/C13H18N2O/c1-14-12-4-2-10(3-5-12)13(16)11-6-8-15-9-7-11/h6-10,12,14H,2-5H2,1H3. The van der Waals surface area contributed by atoms with Crippen LogP contribution in [0.2, 0.25) is 0 Å². The van der Waals surface area contributed by atoms with E-state index in [-0.39, 0.29) is 11.7 Å². The molecular formula is C13H18N2O. The third kappa shape index (κ3) is 2.47. The summed E-state index contributed by atoms with van der Waals surface area (Å²) in [6.45, 7) is 0. The SMILES string of the molecule is CNC1CCC(C(=O)c2ccncc2)CC1. The van der Waals surface area contributed by atoms with E-state index in [1.807, 2.05) is 19.2 Å². The Morgan fingerprint density at radius 3 is 2.44 bits per heavy atom. The Morgan fingerprint density at radius 2 is 1.88 bits per heavy atom. The fourth-order valence-corrected chi connectivity index (χ4v) is 2.40. The molecule has 1 aliphatic rings. The van der Waals surface area contributed by atoms with Crippen LogP contribution in [-0.2, 0) is 0 Å². The number of hydrogen-bond donors (Lipinski definition) is 1. The minimum Gasteiger partial charge on any atom is -0.317 e. The van der Waals surface area contributed by atoms with Gasteiger partial charge in [0.25, 0.3) is 0 Å². The number of pyridine rings is 1. The summed E-state index contributed by atoms with van der Waals surface area (Å²) in [6, 6.07) is 4.22. The second kappa shape index (κ2) is 5.21. The Hall–Kier alpha value is -1.22. The molecule has 1 N–H and O–H groups in total. The van der Waals surface area contributed by atoms with E-state index in [4.69, 9.17) is 0 Å². The Morgan fingerprint density at radius 1 is 1.25 bits per heavy atom. The summed E-state index contributed by atoms with van der Waals surface area (Å²) < 4.78 is 0. The van der Waals surface area contributed by atoms with Crippen molar-refractivity contribution in [3.63, 3.8) is 0 Å². The molecule has 0 radical (unpaired) electrons. The van der Waals surface area contributed by atoms with Gasteiger partial charge in [0.05, 0.1) is 0 Å². The fraction of sp³-hybridized carbons (Fsp3) is 0.538. The van der Waals surface area contributed by atoms with Gasteiger partial charge in [0.15, 0.2) is 5.78 Å². The van der Waals surface area contributed by atoms with Crippen LogP contribution in [0, 0.1) is 5.92 Å². The molecule has 1 fully saturated rings. The number of carbonyl (C=O) groups excluding carboxylic acids is 1. The van der Waals surface area contributed by atoms with E-state index in [0.29, 0.717) is 6.04 Å². The Kier molecular flexibility index (Phi) is 3.67. The first-order chi connectivity index (χ1) is 7.81. The zero-order valence-electron chi connectivity index (χ0n) is 9.65. The summed E-state index contributed by atoms with van der Waals surface area (Å²) in [5.74, 6) is 0.504. The molecule has 1 aromatic rings. The Labute approximate surface area is 96.3 Å². The van der Waals surface area contributed by atoms with Crippen LogP contribution in [0.5, 0.6) is 0 Å². The number of rotatable bonds is 3. The monoisotopic (exact) mass is 218 g/mol. The molecule has 0 aromatic carbocycles. The van der Waals surface area contributed by atoms with Crippen molar-refractivity contribution in [1.82, 2.24) is 10.3 Å². The molecule has 16 heavy (non-hydrogen) atoms. The summed E-state index contributed by atoms with van der Waals surface area (Å²) in [5.41, 5.74) is 0.808. The molecule has 0 unspecified atom stereocenters. The number of Topliss-reactive ketones (excluding diaryl/α,β-unsaturated/α-hetero) is 1. The van der Waals surface area contributed by atoms with Crippen LogP contribution in [-0.4, -0.2) is 23.9 Å². The molecule has 1 saturated carbocycles. The van der Waals surface area contributed by atoms with Crippen molar-refractivity contribution in [1.29, 1.82) is 0 Å². The van der Waals surface area contributed by atoms with Crippen molar-refractivity contribution in [3.05, 3.63) is 30.1 Å². The maximum Gasteiger partial charge on any atom is 0.166 e. The minimum atomic E-state index is 0.215. The van der Waals surface area contributed by atoms with Crippen LogP contribution in [0.1, 0.15) is 36.0 Å². The number of aromatic nitrogens is 1. The summed E-state index contributed by atoms with van der Waals surface area (Å²) in [7, 11) is 2.00. The molecule has 0 saturated heterocycles. The van der Waals surface area contributed by atoms with Crippen molar-refractivity contribution in [2.45, 2.75) is 31.7 Å². The third-order valence-electron chi connectivity index (χ3n) is 3.47. The van der Waals surface area contributed by atoms with Gasteiger partial charge in [-0.25, -0.2) is 0 Å². The van der Waals surface area contributed by atoms with Gasteiger partial charge in [0.2, 0.25) is 0 Å². The van der Waals surface area contributed by atoms with E-state index in [1.165, 1.54) is 0 Å².